The zero-order chi connectivity index (χ0) is 14.5. The summed E-state index contributed by atoms with van der Waals surface area (Å²) in [6, 6.07) is -1.84. The zero-order valence-electron chi connectivity index (χ0n) is 11.2. The van der Waals surface area contributed by atoms with Gasteiger partial charge >= 0.3 is 12.0 Å². The van der Waals surface area contributed by atoms with Gasteiger partial charge in [0.25, 0.3) is 0 Å². The maximum absolute atomic E-state index is 11.7. The summed E-state index contributed by atoms with van der Waals surface area (Å²) in [5, 5.41) is 11.1. The third-order valence-corrected chi connectivity index (χ3v) is 2.06. The fraction of sp³-hybridized carbons (Fsp3) is 0.727. The average Bonchev–Trinajstić information content (AvgIpc) is 2.12. The minimum atomic E-state index is -1.29. The van der Waals surface area contributed by atoms with Gasteiger partial charge in [-0.25, -0.2) is 9.59 Å². The van der Waals surface area contributed by atoms with Crippen LogP contribution in [0.2, 0.25) is 0 Å². The van der Waals surface area contributed by atoms with Gasteiger partial charge in [-0.05, 0) is 5.41 Å². The number of hydrogen-bond acceptors (Lipinski definition) is 3. The largest absolute Gasteiger partial charge is 0.480 e. The van der Waals surface area contributed by atoms with Crippen LogP contribution < -0.4 is 11.1 Å². The van der Waals surface area contributed by atoms with Crippen molar-refractivity contribution in [2.75, 3.05) is 13.6 Å². The van der Waals surface area contributed by atoms with Crippen LogP contribution >= 0.6 is 0 Å². The van der Waals surface area contributed by atoms with E-state index in [1.165, 1.54) is 4.90 Å². The second-order valence-corrected chi connectivity index (χ2v) is 5.43. The van der Waals surface area contributed by atoms with Gasteiger partial charge in [0.05, 0.1) is 6.42 Å². The number of carboxylic acid groups (broad SMARTS) is 1. The van der Waals surface area contributed by atoms with Crippen molar-refractivity contribution >= 4 is 17.9 Å². The monoisotopic (exact) mass is 259 g/mol. The molecule has 0 unspecified atom stereocenters. The van der Waals surface area contributed by atoms with Crippen LogP contribution in [0.15, 0.2) is 0 Å². The Kier molecular flexibility index (Phi) is 5.61. The van der Waals surface area contributed by atoms with Gasteiger partial charge in [0.1, 0.15) is 6.04 Å². The van der Waals surface area contributed by atoms with Crippen LogP contribution in [0.25, 0.3) is 0 Å². The summed E-state index contributed by atoms with van der Waals surface area (Å²) in [5.41, 5.74) is 4.81. The van der Waals surface area contributed by atoms with Crippen molar-refractivity contribution < 1.29 is 19.5 Å². The quantitative estimate of drug-likeness (QED) is 0.645. The summed E-state index contributed by atoms with van der Waals surface area (Å²) >= 11 is 0. The molecule has 0 saturated heterocycles. The van der Waals surface area contributed by atoms with E-state index >= 15 is 0 Å². The normalized spacial score (nSPS) is 12.7. The molecule has 3 amide bonds. The van der Waals surface area contributed by atoms with Gasteiger partial charge in [-0.2, -0.15) is 0 Å². The van der Waals surface area contributed by atoms with Crippen molar-refractivity contribution in [3.05, 3.63) is 0 Å². The fourth-order valence-electron chi connectivity index (χ4n) is 1.44. The van der Waals surface area contributed by atoms with Crippen molar-refractivity contribution in [3.8, 4) is 0 Å². The number of nitrogens with zero attached hydrogens (tertiary/aromatic N) is 1. The third-order valence-electron chi connectivity index (χ3n) is 2.06. The third kappa shape index (κ3) is 6.72. The molecule has 0 bridgehead atoms. The number of amides is 3. The van der Waals surface area contributed by atoms with Crippen LogP contribution in [-0.2, 0) is 9.59 Å². The molecule has 0 aliphatic heterocycles. The molecule has 0 aromatic heterocycles. The Morgan fingerprint density at radius 1 is 1.33 bits per heavy atom. The number of nitrogens with two attached hydrogens (primary N) is 1. The molecule has 0 aromatic carbocycles. The second-order valence-electron chi connectivity index (χ2n) is 5.43. The highest BCUT2D eigenvalue weighted by molar-refractivity contribution is 5.87. The Labute approximate surface area is 106 Å². The summed E-state index contributed by atoms with van der Waals surface area (Å²) in [4.78, 5) is 34.6. The number of hydrogen-bond donors (Lipinski definition) is 3. The lowest BCUT2D eigenvalue weighted by molar-refractivity contribution is -0.140. The molecule has 18 heavy (non-hydrogen) atoms. The van der Waals surface area contributed by atoms with E-state index in [0.717, 1.165) is 0 Å². The first-order valence-corrected chi connectivity index (χ1v) is 5.55. The van der Waals surface area contributed by atoms with E-state index in [1.54, 1.807) is 7.05 Å². The second kappa shape index (κ2) is 6.23. The van der Waals surface area contributed by atoms with Crippen LogP contribution in [0.3, 0.4) is 0 Å². The van der Waals surface area contributed by atoms with Crippen molar-refractivity contribution in [1.29, 1.82) is 0 Å². The van der Waals surface area contributed by atoms with Gasteiger partial charge in [0.2, 0.25) is 5.91 Å². The van der Waals surface area contributed by atoms with Crippen LogP contribution in [0.4, 0.5) is 4.79 Å². The molecule has 4 N–H and O–H groups in total. The molecule has 7 nitrogen and oxygen atoms in total. The average molecular weight is 259 g/mol. The number of carbonyl (C=O) groups is 3. The van der Waals surface area contributed by atoms with E-state index in [1.807, 2.05) is 20.8 Å². The molecule has 104 valence electrons. The number of primary amides is 1. The number of carbonyl (C=O) groups excluding carboxylic acids is 2. The molecular weight excluding hydrogens is 238 g/mol. The predicted octanol–water partition coefficient (Wildman–Crippen LogP) is 0.00250. The lowest BCUT2D eigenvalue weighted by Crippen LogP contribution is -2.49. The molecule has 0 rings (SSSR count). The molecule has 0 aliphatic carbocycles. The van der Waals surface area contributed by atoms with Crippen molar-refractivity contribution in [1.82, 2.24) is 10.2 Å². The Bertz CT molecular complexity index is 336. The lowest BCUT2D eigenvalue weighted by atomic mass is 9.96. The highest BCUT2D eigenvalue weighted by Gasteiger charge is 2.25. The zero-order valence-corrected chi connectivity index (χ0v) is 11.2. The van der Waals surface area contributed by atoms with Crippen LogP contribution in [0.5, 0.6) is 0 Å². The summed E-state index contributed by atoms with van der Waals surface area (Å²) in [6.07, 6.45) is -0.426. The van der Waals surface area contributed by atoms with E-state index in [2.05, 4.69) is 5.32 Å². The molecule has 1 atom stereocenters. The maximum atomic E-state index is 11.7. The highest BCUT2D eigenvalue weighted by Crippen LogP contribution is 2.14. The first kappa shape index (κ1) is 16.2. The first-order valence-electron chi connectivity index (χ1n) is 5.55. The van der Waals surface area contributed by atoms with Crippen molar-refractivity contribution in [3.63, 3.8) is 0 Å². The molecule has 0 aromatic rings. The predicted molar refractivity (Wildman–Crippen MR) is 65.9 cm³/mol. The van der Waals surface area contributed by atoms with Crippen molar-refractivity contribution in [2.24, 2.45) is 11.1 Å². The Hall–Kier alpha value is -1.79. The topological polar surface area (TPSA) is 113 Å². The Balaban J connectivity index is 4.50. The smallest absolute Gasteiger partial charge is 0.326 e. The Morgan fingerprint density at radius 3 is 2.17 bits per heavy atom. The van der Waals surface area contributed by atoms with Crippen LogP contribution in [0.1, 0.15) is 27.2 Å². The summed E-state index contributed by atoms with van der Waals surface area (Å²) < 4.78 is 0. The van der Waals surface area contributed by atoms with E-state index < -0.39 is 30.4 Å². The summed E-state index contributed by atoms with van der Waals surface area (Å²) in [6.45, 7) is 6.32. The summed E-state index contributed by atoms with van der Waals surface area (Å²) in [5.74, 6) is -2.06. The molecule has 0 fully saturated rings. The van der Waals surface area contributed by atoms with Gasteiger partial charge in [-0.15, -0.1) is 0 Å². The first-order chi connectivity index (χ1) is 8.03. The minimum absolute atomic E-state index is 0.103. The Morgan fingerprint density at radius 2 is 1.83 bits per heavy atom. The minimum Gasteiger partial charge on any atom is -0.480 e. The highest BCUT2D eigenvalue weighted by atomic mass is 16.4. The van der Waals surface area contributed by atoms with Crippen LogP contribution in [0, 0.1) is 5.41 Å². The SMILES string of the molecule is CN(CC(C)(C)C)C(=O)N[C@@H](CC(N)=O)C(=O)O. The number of carboxylic acids is 1. The number of aliphatic carboxylic acids is 1. The number of urea groups is 1. The van der Waals surface area contributed by atoms with E-state index in [0.29, 0.717) is 6.54 Å². The van der Waals surface area contributed by atoms with Gasteiger partial charge in [-0.1, -0.05) is 20.8 Å². The number of rotatable bonds is 5. The fourth-order valence-corrected chi connectivity index (χ4v) is 1.44. The van der Waals surface area contributed by atoms with Gasteiger partial charge in [-0.3, -0.25) is 4.79 Å². The van der Waals surface area contributed by atoms with Crippen LogP contribution in [-0.4, -0.2) is 47.5 Å². The molecule has 0 saturated carbocycles. The van der Waals surface area contributed by atoms with Gasteiger partial charge < -0.3 is 21.1 Å². The lowest BCUT2D eigenvalue weighted by Gasteiger charge is -2.27. The molecule has 7 heteroatoms. The standard InChI is InChI=1S/C11H21N3O4/c1-11(2,3)6-14(4)10(18)13-7(9(16)17)5-8(12)15/h7H,5-6H2,1-4H3,(H2,12,15)(H,13,18)(H,16,17)/t7-/m0/s1. The molecule has 0 heterocycles. The van der Waals surface area contributed by atoms with Gasteiger partial charge in [0, 0.05) is 13.6 Å². The summed E-state index contributed by atoms with van der Waals surface area (Å²) in [7, 11) is 1.56. The number of nitrogens with one attached hydrogen (secondary N) is 1. The molecule has 0 radical (unpaired) electrons. The molecular formula is C11H21N3O4. The van der Waals surface area contributed by atoms with Gasteiger partial charge in [0.15, 0.2) is 0 Å². The molecule has 0 spiro atoms. The van der Waals surface area contributed by atoms with E-state index in [9.17, 15) is 14.4 Å². The maximum Gasteiger partial charge on any atom is 0.326 e. The van der Waals surface area contributed by atoms with E-state index in [-0.39, 0.29) is 5.41 Å². The van der Waals surface area contributed by atoms with Crippen molar-refractivity contribution in [2.45, 2.75) is 33.2 Å². The van der Waals surface area contributed by atoms with E-state index in [4.69, 9.17) is 10.8 Å². The molecule has 0 aliphatic rings.